The molecule has 0 N–H and O–H groups in total. The Labute approximate surface area is 173 Å². The van der Waals surface area contributed by atoms with Crippen LogP contribution in [0.2, 0.25) is 0 Å². The van der Waals surface area contributed by atoms with E-state index in [4.69, 9.17) is 4.52 Å². The van der Waals surface area contributed by atoms with Gasteiger partial charge in [0.25, 0.3) is 0 Å². The third kappa shape index (κ3) is 23.7. The van der Waals surface area contributed by atoms with Crippen molar-refractivity contribution in [3.8, 4) is 0 Å². The van der Waals surface area contributed by atoms with E-state index in [9.17, 15) is 4.57 Å². The van der Waals surface area contributed by atoms with E-state index in [1.807, 2.05) is 0 Å². The molecule has 0 radical (unpaired) electrons. The Kier molecular flexibility index (Phi) is 28.8. The monoisotopic (exact) mass is 458 g/mol. The maximum atomic E-state index is 10.0. The molecule has 22 heavy (non-hydrogen) atoms. The van der Waals surface area contributed by atoms with Crippen LogP contribution in [0, 0.1) is 40.8 Å². The molecule has 0 saturated heterocycles. The van der Waals surface area contributed by atoms with Gasteiger partial charge in [-0.25, -0.2) is 4.57 Å². The van der Waals surface area contributed by atoms with Crippen molar-refractivity contribution in [2.24, 2.45) is 0 Å². The number of rotatable bonds is 18. The van der Waals surface area contributed by atoms with E-state index in [1.165, 1.54) is 96.3 Å². The first-order chi connectivity index (χ1) is 10.4. The van der Waals surface area contributed by atoms with Gasteiger partial charge in [0.2, 0.25) is 0 Å². The number of hydrogen-bond acceptors (Lipinski definition) is 2. The molecule has 0 saturated carbocycles. The molecule has 0 aromatic rings. The Bertz CT molecular complexity index is 204. The second kappa shape index (κ2) is 24.7. The molecular weight excluding hydrogens is 423 g/mol. The van der Waals surface area contributed by atoms with Crippen LogP contribution in [0.5, 0.6) is 0 Å². The summed E-state index contributed by atoms with van der Waals surface area (Å²) in [6, 6.07) is 0. The standard InChI is InChI=1S/C18H37O2P.Nd/c1-2-3-4-5-6-7-8-9-10-11-12-13-14-15-16-17-18-20-21-19;/h2-18H2,1H3;. The van der Waals surface area contributed by atoms with Crippen LogP contribution in [0.4, 0.5) is 0 Å². The molecule has 0 amide bonds. The third-order valence-electron chi connectivity index (χ3n) is 4.14. The summed E-state index contributed by atoms with van der Waals surface area (Å²) in [5, 5.41) is 0. The van der Waals surface area contributed by atoms with Gasteiger partial charge in [-0.2, -0.15) is 0 Å². The van der Waals surface area contributed by atoms with Gasteiger partial charge in [0.1, 0.15) is 0 Å². The SMILES string of the molecule is CCCCCCCCCCCCCCCCCCOP=O.[Nd]. The third-order valence-corrected chi connectivity index (χ3v) is 4.43. The first-order valence-corrected chi connectivity index (χ1v) is 10.1. The first kappa shape index (κ1) is 25.6. The molecule has 0 heterocycles. The van der Waals surface area contributed by atoms with Gasteiger partial charge < -0.3 is 0 Å². The van der Waals surface area contributed by atoms with Crippen molar-refractivity contribution >= 4 is 8.69 Å². The zero-order chi connectivity index (χ0) is 15.4. The summed E-state index contributed by atoms with van der Waals surface area (Å²) in [6.45, 7) is 2.92. The van der Waals surface area contributed by atoms with Crippen molar-refractivity contribution in [2.45, 2.75) is 110 Å². The van der Waals surface area contributed by atoms with Gasteiger partial charge in [0.15, 0.2) is 0 Å². The van der Waals surface area contributed by atoms with Crippen LogP contribution >= 0.6 is 8.69 Å². The van der Waals surface area contributed by atoms with Crippen molar-refractivity contribution in [2.75, 3.05) is 6.61 Å². The molecule has 0 rings (SSSR count). The fraction of sp³-hybridized carbons (Fsp3) is 1.00. The molecule has 0 spiro atoms. The fourth-order valence-electron chi connectivity index (χ4n) is 2.75. The molecule has 0 fully saturated rings. The molecule has 0 aliphatic rings. The predicted molar refractivity (Wildman–Crippen MR) is 93.1 cm³/mol. The Morgan fingerprint density at radius 2 is 0.909 bits per heavy atom. The summed E-state index contributed by atoms with van der Waals surface area (Å²) in [6.07, 6.45) is 22.0. The molecule has 0 unspecified atom stereocenters. The Morgan fingerprint density at radius 1 is 0.591 bits per heavy atom. The number of hydrogen-bond donors (Lipinski definition) is 0. The molecule has 0 atom stereocenters. The Morgan fingerprint density at radius 3 is 1.23 bits per heavy atom. The first-order valence-electron chi connectivity index (χ1n) is 9.36. The molecule has 130 valence electrons. The van der Waals surface area contributed by atoms with Gasteiger partial charge in [0.05, 0.1) is 6.61 Å². The zero-order valence-corrected chi connectivity index (χ0v) is 18.9. The second-order valence-electron chi connectivity index (χ2n) is 6.21. The second-order valence-corrected chi connectivity index (χ2v) is 6.62. The molecule has 0 aromatic carbocycles. The maximum absolute atomic E-state index is 10.0. The molecule has 0 aliphatic carbocycles. The van der Waals surface area contributed by atoms with Crippen LogP contribution < -0.4 is 0 Å². The van der Waals surface area contributed by atoms with Gasteiger partial charge >= 0.3 is 8.69 Å². The summed E-state index contributed by atoms with van der Waals surface area (Å²) < 4.78 is 14.8. The van der Waals surface area contributed by atoms with Crippen molar-refractivity contribution in [3.63, 3.8) is 0 Å². The van der Waals surface area contributed by atoms with Gasteiger partial charge in [-0.1, -0.05) is 103 Å². The van der Waals surface area contributed by atoms with Crippen LogP contribution in [0.3, 0.4) is 0 Å². The molecule has 0 bridgehead atoms. The Balaban J connectivity index is 0. The van der Waals surface area contributed by atoms with E-state index in [-0.39, 0.29) is 49.5 Å². The largest absolute Gasteiger partial charge is 0.327 e. The summed E-state index contributed by atoms with van der Waals surface area (Å²) in [5.74, 6) is 0. The molecule has 2 nitrogen and oxygen atoms in total. The van der Waals surface area contributed by atoms with Crippen LogP contribution in [0.1, 0.15) is 110 Å². The minimum Gasteiger partial charge on any atom is -0.294 e. The average Bonchev–Trinajstić information content (AvgIpc) is 2.50. The number of unbranched alkanes of at least 4 members (excludes halogenated alkanes) is 15. The smallest absolute Gasteiger partial charge is 0.294 e. The topological polar surface area (TPSA) is 26.3 Å². The average molecular weight is 461 g/mol. The van der Waals surface area contributed by atoms with Crippen LogP contribution in [0.15, 0.2) is 0 Å². The van der Waals surface area contributed by atoms with Crippen LogP contribution in [-0.4, -0.2) is 6.61 Å². The van der Waals surface area contributed by atoms with E-state index in [0.29, 0.717) is 6.61 Å². The summed E-state index contributed by atoms with van der Waals surface area (Å²) in [7, 11) is -0.171. The van der Waals surface area contributed by atoms with Crippen molar-refractivity contribution in [1.82, 2.24) is 0 Å². The molecule has 0 aromatic heterocycles. The predicted octanol–water partition coefficient (Wildman–Crippen LogP) is 7.47. The van der Waals surface area contributed by atoms with Crippen LogP contribution in [-0.2, 0) is 9.09 Å². The fourth-order valence-corrected chi connectivity index (χ4v) is 2.96. The zero-order valence-electron chi connectivity index (χ0n) is 14.8. The van der Waals surface area contributed by atoms with E-state index in [1.54, 1.807) is 0 Å². The van der Waals surface area contributed by atoms with Crippen molar-refractivity contribution in [3.05, 3.63) is 0 Å². The van der Waals surface area contributed by atoms with Gasteiger partial charge in [0, 0.05) is 40.8 Å². The van der Waals surface area contributed by atoms with Gasteiger partial charge in [-0.15, -0.1) is 0 Å². The Hall–Kier alpha value is 1.41. The van der Waals surface area contributed by atoms with E-state index < -0.39 is 0 Å². The van der Waals surface area contributed by atoms with Gasteiger partial charge in [-0.05, 0) is 6.42 Å². The quantitative estimate of drug-likeness (QED) is 0.157. The summed E-state index contributed by atoms with van der Waals surface area (Å²) >= 11 is 0. The minimum absolute atomic E-state index is 0. The van der Waals surface area contributed by atoms with Crippen molar-refractivity contribution in [1.29, 1.82) is 0 Å². The van der Waals surface area contributed by atoms with E-state index in [2.05, 4.69) is 6.92 Å². The van der Waals surface area contributed by atoms with Crippen molar-refractivity contribution < 1.29 is 49.9 Å². The van der Waals surface area contributed by atoms with Gasteiger partial charge in [-0.3, -0.25) is 4.52 Å². The molecular formula is C18H37NdO2P. The maximum Gasteiger partial charge on any atom is 0.327 e. The van der Waals surface area contributed by atoms with E-state index in [0.717, 1.165) is 6.42 Å². The minimum atomic E-state index is -0.171. The summed E-state index contributed by atoms with van der Waals surface area (Å²) in [5.41, 5.74) is 0. The summed E-state index contributed by atoms with van der Waals surface area (Å²) in [4.78, 5) is 0. The molecule has 0 aliphatic heterocycles. The molecule has 4 heteroatoms. The normalized spacial score (nSPS) is 10.8. The van der Waals surface area contributed by atoms with E-state index >= 15 is 0 Å². The van der Waals surface area contributed by atoms with Crippen LogP contribution in [0.25, 0.3) is 0 Å².